The Hall–Kier alpha value is -2.10. The molecule has 2 rings (SSSR count). The van der Waals surface area contributed by atoms with Crippen LogP contribution in [0.3, 0.4) is 0 Å². The van der Waals surface area contributed by atoms with Gasteiger partial charge in [-0.25, -0.2) is 0 Å². The molecule has 0 N–H and O–H groups in total. The Bertz CT molecular complexity index is 528. The highest BCUT2D eigenvalue weighted by molar-refractivity contribution is 5.89. The van der Waals surface area contributed by atoms with Crippen molar-refractivity contribution >= 4 is 16.6 Å². The van der Waals surface area contributed by atoms with E-state index in [1.54, 1.807) is 18.2 Å². The van der Waals surface area contributed by atoms with E-state index in [4.69, 9.17) is 0 Å². The molecule has 0 aliphatic rings. The van der Waals surface area contributed by atoms with Gasteiger partial charge in [0.15, 0.2) is 0 Å². The molecule has 0 radical (unpaired) electrons. The van der Waals surface area contributed by atoms with Crippen LogP contribution >= 0.6 is 0 Å². The summed E-state index contributed by atoms with van der Waals surface area (Å²) < 4.78 is 1.93. The zero-order valence-corrected chi connectivity index (χ0v) is 8.09. The van der Waals surface area contributed by atoms with Crippen molar-refractivity contribution in [2.45, 2.75) is 6.54 Å². The number of hydrogen-bond donors (Lipinski definition) is 0. The molecule has 0 amide bonds. The Morgan fingerprint density at radius 2 is 2.27 bits per heavy atom. The minimum absolute atomic E-state index is 0.148. The molecule has 76 valence electrons. The van der Waals surface area contributed by atoms with Crippen LogP contribution in [0.15, 0.2) is 43.1 Å². The summed E-state index contributed by atoms with van der Waals surface area (Å²) in [6, 6.07) is 6.84. The molecule has 4 heteroatoms. The van der Waals surface area contributed by atoms with Gasteiger partial charge in [-0.3, -0.25) is 10.1 Å². The second-order valence-corrected chi connectivity index (χ2v) is 3.22. The van der Waals surface area contributed by atoms with Gasteiger partial charge in [-0.1, -0.05) is 12.1 Å². The lowest BCUT2D eigenvalue weighted by atomic mass is 10.2. The molecule has 0 aliphatic carbocycles. The van der Waals surface area contributed by atoms with E-state index < -0.39 is 0 Å². The van der Waals surface area contributed by atoms with Gasteiger partial charge in [0.05, 0.1) is 15.8 Å². The SMILES string of the molecule is C=CCn1ccc2c([N+](=O)[O-])cccc21. The monoisotopic (exact) mass is 202 g/mol. The standard InChI is InChI=1S/C11H10N2O2/c1-2-7-12-8-6-9-10(12)4-3-5-11(9)13(14)15/h2-6,8H,1,7H2. The second-order valence-electron chi connectivity index (χ2n) is 3.22. The van der Waals surface area contributed by atoms with Crippen LogP contribution in [0.2, 0.25) is 0 Å². The first-order valence-corrected chi connectivity index (χ1v) is 4.57. The van der Waals surface area contributed by atoms with Gasteiger partial charge in [0, 0.05) is 18.8 Å². The summed E-state index contributed by atoms with van der Waals surface area (Å²) in [7, 11) is 0. The highest BCUT2D eigenvalue weighted by Crippen LogP contribution is 2.25. The third-order valence-corrected chi connectivity index (χ3v) is 2.31. The summed E-state index contributed by atoms with van der Waals surface area (Å²) in [5.74, 6) is 0. The molecule has 0 unspecified atom stereocenters. The van der Waals surface area contributed by atoms with Crippen LogP contribution in [-0.2, 0) is 6.54 Å². The van der Waals surface area contributed by atoms with E-state index in [0.29, 0.717) is 11.9 Å². The molecule has 0 aliphatic heterocycles. The fourth-order valence-electron chi connectivity index (χ4n) is 1.66. The average Bonchev–Trinajstić information content (AvgIpc) is 2.62. The van der Waals surface area contributed by atoms with Gasteiger partial charge in [0.1, 0.15) is 0 Å². The molecule has 0 bridgehead atoms. The lowest BCUT2D eigenvalue weighted by Gasteiger charge is -2.00. The summed E-state index contributed by atoms with van der Waals surface area (Å²) in [6.45, 7) is 4.30. The Morgan fingerprint density at radius 3 is 2.93 bits per heavy atom. The van der Waals surface area contributed by atoms with Crippen molar-refractivity contribution in [1.29, 1.82) is 0 Å². The summed E-state index contributed by atoms with van der Waals surface area (Å²) in [4.78, 5) is 10.4. The van der Waals surface area contributed by atoms with Crippen LogP contribution in [0.25, 0.3) is 10.9 Å². The summed E-state index contributed by atoms with van der Waals surface area (Å²) in [5, 5.41) is 11.4. The molecule has 0 atom stereocenters. The minimum Gasteiger partial charge on any atom is -0.343 e. The van der Waals surface area contributed by atoms with Crippen LogP contribution in [-0.4, -0.2) is 9.49 Å². The van der Waals surface area contributed by atoms with E-state index in [0.717, 1.165) is 5.52 Å². The predicted octanol–water partition coefficient (Wildman–Crippen LogP) is 2.74. The first-order chi connectivity index (χ1) is 7.24. The normalized spacial score (nSPS) is 10.4. The molecule has 0 spiro atoms. The smallest absolute Gasteiger partial charge is 0.278 e. The fraction of sp³-hybridized carbons (Fsp3) is 0.0909. The quantitative estimate of drug-likeness (QED) is 0.436. The molecule has 1 heterocycles. The lowest BCUT2D eigenvalue weighted by molar-refractivity contribution is -0.383. The van der Waals surface area contributed by atoms with E-state index in [1.165, 1.54) is 6.07 Å². The van der Waals surface area contributed by atoms with Gasteiger partial charge in [0.2, 0.25) is 0 Å². The Balaban J connectivity index is 2.68. The number of allylic oxidation sites excluding steroid dienone is 1. The van der Waals surface area contributed by atoms with Crippen LogP contribution < -0.4 is 0 Å². The van der Waals surface area contributed by atoms with Gasteiger partial charge in [-0.2, -0.15) is 0 Å². The van der Waals surface area contributed by atoms with Gasteiger partial charge < -0.3 is 4.57 Å². The summed E-state index contributed by atoms with van der Waals surface area (Å²) in [5.41, 5.74) is 1.01. The zero-order chi connectivity index (χ0) is 10.8. The maximum atomic E-state index is 10.8. The average molecular weight is 202 g/mol. The fourth-order valence-corrected chi connectivity index (χ4v) is 1.66. The first kappa shape index (κ1) is 9.45. The molecular weight excluding hydrogens is 192 g/mol. The molecule has 0 saturated carbocycles. The minimum atomic E-state index is -0.361. The third kappa shape index (κ3) is 1.50. The van der Waals surface area contributed by atoms with Crippen LogP contribution in [0, 0.1) is 10.1 Å². The highest BCUT2D eigenvalue weighted by Gasteiger charge is 2.12. The van der Waals surface area contributed by atoms with Crippen LogP contribution in [0.5, 0.6) is 0 Å². The lowest BCUT2D eigenvalue weighted by Crippen LogP contribution is -1.93. The predicted molar refractivity (Wildman–Crippen MR) is 58.8 cm³/mol. The van der Waals surface area contributed by atoms with Gasteiger partial charge in [-0.15, -0.1) is 6.58 Å². The molecule has 2 aromatic rings. The highest BCUT2D eigenvalue weighted by atomic mass is 16.6. The summed E-state index contributed by atoms with van der Waals surface area (Å²) >= 11 is 0. The number of fused-ring (bicyclic) bond motifs is 1. The number of hydrogen-bond acceptors (Lipinski definition) is 2. The molecule has 1 aromatic heterocycles. The van der Waals surface area contributed by atoms with E-state index in [2.05, 4.69) is 6.58 Å². The molecule has 4 nitrogen and oxygen atoms in total. The van der Waals surface area contributed by atoms with Crippen molar-refractivity contribution in [2.75, 3.05) is 0 Å². The third-order valence-electron chi connectivity index (χ3n) is 2.31. The number of benzene rings is 1. The van der Waals surface area contributed by atoms with Crippen molar-refractivity contribution in [3.05, 3.63) is 53.2 Å². The van der Waals surface area contributed by atoms with Gasteiger partial charge >= 0.3 is 0 Å². The van der Waals surface area contributed by atoms with E-state index in [1.807, 2.05) is 16.8 Å². The Labute approximate surface area is 86.6 Å². The number of nitrogens with zero attached hydrogens (tertiary/aromatic N) is 2. The van der Waals surface area contributed by atoms with Gasteiger partial charge in [0.25, 0.3) is 5.69 Å². The number of nitro benzene ring substituents is 1. The Kier molecular flexibility index (Phi) is 2.25. The molecule has 1 aromatic carbocycles. The molecule has 0 saturated heterocycles. The molecule has 15 heavy (non-hydrogen) atoms. The van der Waals surface area contributed by atoms with Crippen molar-refractivity contribution < 1.29 is 4.92 Å². The van der Waals surface area contributed by atoms with E-state index in [-0.39, 0.29) is 10.6 Å². The Morgan fingerprint density at radius 1 is 1.47 bits per heavy atom. The summed E-state index contributed by atoms with van der Waals surface area (Å²) in [6.07, 6.45) is 3.59. The molecule has 0 fully saturated rings. The largest absolute Gasteiger partial charge is 0.343 e. The number of aromatic nitrogens is 1. The van der Waals surface area contributed by atoms with E-state index in [9.17, 15) is 10.1 Å². The molecular formula is C11H10N2O2. The topological polar surface area (TPSA) is 48.1 Å². The van der Waals surface area contributed by atoms with Crippen molar-refractivity contribution in [2.24, 2.45) is 0 Å². The first-order valence-electron chi connectivity index (χ1n) is 4.57. The zero-order valence-electron chi connectivity index (χ0n) is 8.09. The second kappa shape index (κ2) is 3.57. The van der Waals surface area contributed by atoms with Crippen molar-refractivity contribution in [1.82, 2.24) is 4.57 Å². The number of rotatable bonds is 3. The van der Waals surface area contributed by atoms with Crippen molar-refractivity contribution in [3.8, 4) is 0 Å². The number of non-ortho nitro benzene ring substituents is 1. The van der Waals surface area contributed by atoms with Crippen LogP contribution in [0.4, 0.5) is 5.69 Å². The maximum Gasteiger partial charge on any atom is 0.278 e. The van der Waals surface area contributed by atoms with Crippen LogP contribution in [0.1, 0.15) is 0 Å². The van der Waals surface area contributed by atoms with E-state index >= 15 is 0 Å². The van der Waals surface area contributed by atoms with Crippen molar-refractivity contribution in [3.63, 3.8) is 0 Å². The van der Waals surface area contributed by atoms with Gasteiger partial charge in [-0.05, 0) is 12.1 Å². The maximum absolute atomic E-state index is 10.8. The number of nitro groups is 1.